The van der Waals surface area contributed by atoms with E-state index in [0.29, 0.717) is 0 Å². The number of nitrogens with zero attached hydrogens (tertiary/aromatic N) is 1. The summed E-state index contributed by atoms with van der Waals surface area (Å²) in [6.45, 7) is 4.71. The minimum atomic E-state index is -0.436. The molecular formula is C62H41NO. The Bertz CT molecular complexity index is 3710. The second-order valence-electron chi connectivity index (χ2n) is 18.4. The average Bonchev–Trinajstić information content (AvgIpc) is 4.02. The van der Waals surface area contributed by atoms with E-state index in [4.69, 9.17) is 4.42 Å². The largest absolute Gasteiger partial charge is 0.455 e. The van der Waals surface area contributed by atoms with E-state index in [1.807, 2.05) is 0 Å². The molecule has 10 aromatic carbocycles. The fraction of sp³-hybridized carbons (Fsp3) is 0.0645. The highest BCUT2D eigenvalue weighted by Gasteiger charge is 2.51. The number of hydrogen-bond acceptors (Lipinski definition) is 2. The third-order valence-corrected chi connectivity index (χ3v) is 14.9. The predicted molar refractivity (Wildman–Crippen MR) is 265 cm³/mol. The molecule has 0 fully saturated rings. The van der Waals surface area contributed by atoms with Crippen LogP contribution in [-0.2, 0) is 10.8 Å². The van der Waals surface area contributed by atoms with Gasteiger partial charge in [0.1, 0.15) is 11.2 Å². The van der Waals surface area contributed by atoms with Crippen molar-refractivity contribution < 1.29 is 4.42 Å². The minimum absolute atomic E-state index is 0.111. The van der Waals surface area contributed by atoms with Gasteiger partial charge >= 0.3 is 0 Å². The number of fused-ring (bicyclic) bond motifs is 17. The lowest BCUT2D eigenvalue weighted by molar-refractivity contribution is 0.660. The molecule has 0 unspecified atom stereocenters. The van der Waals surface area contributed by atoms with E-state index in [2.05, 4.69) is 231 Å². The SMILES string of the molecule is CC1(C)c2ccccc2-c2ccc(-c3c4ccccc4cc4c3oc3cc(N(c5ccccc5)c5ccc6c(c5)C5(c7ccccc7-c7ccccc75)c5ccccc5-6)ccc34)cc21. The standard InChI is InChI=1S/C62H41NO/c1-61(2)52-24-12-8-20-44(52)48-31-28-39(35-56(48)61)59-43-19-7-6-16-38(43)34-51-50-33-30-42(37-58(50)64-60(51)59)63(40-17-4-3-5-18-40)41-29-32-49-47-23-11-15-27-55(47)62(57(49)36-41)53-25-13-9-21-45(53)46-22-10-14-26-54(46)62/h3-37H,1-2H3. The molecule has 64 heavy (non-hydrogen) atoms. The first-order valence-electron chi connectivity index (χ1n) is 22.4. The van der Waals surface area contributed by atoms with E-state index in [9.17, 15) is 0 Å². The van der Waals surface area contributed by atoms with E-state index >= 15 is 0 Å². The van der Waals surface area contributed by atoms with Crippen molar-refractivity contribution in [1.29, 1.82) is 0 Å². The lowest BCUT2D eigenvalue weighted by Gasteiger charge is -2.32. The van der Waals surface area contributed by atoms with Crippen molar-refractivity contribution in [3.63, 3.8) is 0 Å². The Morgan fingerprint density at radius 2 is 0.891 bits per heavy atom. The van der Waals surface area contributed by atoms with Gasteiger partial charge in [-0.25, -0.2) is 0 Å². The number of para-hydroxylation sites is 1. The molecule has 11 aromatic rings. The van der Waals surface area contributed by atoms with Crippen molar-refractivity contribution in [2.75, 3.05) is 4.90 Å². The monoisotopic (exact) mass is 815 g/mol. The molecule has 2 nitrogen and oxygen atoms in total. The zero-order chi connectivity index (χ0) is 42.3. The van der Waals surface area contributed by atoms with Gasteiger partial charge in [0.2, 0.25) is 0 Å². The van der Waals surface area contributed by atoms with Crippen molar-refractivity contribution in [3.8, 4) is 44.5 Å². The molecule has 0 radical (unpaired) electrons. The molecule has 3 aliphatic carbocycles. The highest BCUT2D eigenvalue weighted by Crippen LogP contribution is 2.63. The fourth-order valence-electron chi connectivity index (χ4n) is 12.1. The molecular weight excluding hydrogens is 775 g/mol. The van der Waals surface area contributed by atoms with Gasteiger partial charge in [0, 0.05) is 44.9 Å². The normalized spacial score (nSPS) is 14.3. The average molecular weight is 816 g/mol. The zero-order valence-electron chi connectivity index (χ0n) is 35.6. The lowest BCUT2D eigenvalue weighted by atomic mass is 9.70. The van der Waals surface area contributed by atoms with Crippen LogP contribution in [-0.4, -0.2) is 0 Å². The Kier molecular flexibility index (Phi) is 7.13. The van der Waals surface area contributed by atoms with Crippen molar-refractivity contribution in [3.05, 3.63) is 246 Å². The zero-order valence-corrected chi connectivity index (χ0v) is 35.6. The van der Waals surface area contributed by atoms with E-state index in [1.165, 1.54) is 83.1 Å². The number of hydrogen-bond donors (Lipinski definition) is 0. The van der Waals surface area contributed by atoms with Crippen molar-refractivity contribution in [2.24, 2.45) is 0 Å². The maximum atomic E-state index is 7.19. The van der Waals surface area contributed by atoms with Crippen molar-refractivity contribution in [2.45, 2.75) is 24.7 Å². The van der Waals surface area contributed by atoms with Gasteiger partial charge in [0.25, 0.3) is 0 Å². The van der Waals surface area contributed by atoms with Gasteiger partial charge in [-0.15, -0.1) is 0 Å². The summed E-state index contributed by atoms with van der Waals surface area (Å²) in [4.78, 5) is 2.40. The maximum absolute atomic E-state index is 7.19. The second kappa shape index (κ2) is 12.8. The highest BCUT2D eigenvalue weighted by atomic mass is 16.3. The van der Waals surface area contributed by atoms with Crippen LogP contribution in [0.2, 0.25) is 0 Å². The first kappa shape index (κ1) is 35.6. The van der Waals surface area contributed by atoms with Gasteiger partial charge in [-0.05, 0) is 132 Å². The Morgan fingerprint density at radius 1 is 0.359 bits per heavy atom. The fourth-order valence-corrected chi connectivity index (χ4v) is 12.1. The number of benzene rings is 10. The summed E-state index contributed by atoms with van der Waals surface area (Å²) in [5.41, 5.74) is 22.7. The van der Waals surface area contributed by atoms with Crippen LogP contribution in [0.5, 0.6) is 0 Å². The predicted octanol–water partition coefficient (Wildman–Crippen LogP) is 16.5. The van der Waals surface area contributed by atoms with Crippen molar-refractivity contribution >= 4 is 49.8 Å². The van der Waals surface area contributed by atoms with Gasteiger partial charge in [-0.2, -0.15) is 0 Å². The Balaban J connectivity index is 0.975. The first-order chi connectivity index (χ1) is 31.5. The molecule has 0 atom stereocenters. The molecule has 14 rings (SSSR count). The quantitative estimate of drug-likeness (QED) is 0.176. The lowest BCUT2D eigenvalue weighted by Crippen LogP contribution is -2.26. The third kappa shape index (κ3) is 4.59. The smallest absolute Gasteiger partial charge is 0.143 e. The summed E-state index contributed by atoms with van der Waals surface area (Å²) in [5.74, 6) is 0. The van der Waals surface area contributed by atoms with E-state index < -0.39 is 5.41 Å². The molecule has 0 amide bonds. The highest BCUT2D eigenvalue weighted by molar-refractivity contribution is 6.19. The van der Waals surface area contributed by atoms with E-state index in [0.717, 1.165) is 44.6 Å². The van der Waals surface area contributed by atoms with Gasteiger partial charge in [0.05, 0.1) is 5.41 Å². The van der Waals surface area contributed by atoms with Crippen LogP contribution in [0.25, 0.3) is 77.2 Å². The van der Waals surface area contributed by atoms with Crippen LogP contribution < -0.4 is 4.90 Å². The minimum Gasteiger partial charge on any atom is -0.455 e. The molecule has 0 aliphatic heterocycles. The maximum Gasteiger partial charge on any atom is 0.143 e. The second-order valence-corrected chi connectivity index (χ2v) is 18.4. The van der Waals surface area contributed by atoms with Crippen molar-refractivity contribution in [1.82, 2.24) is 0 Å². The topological polar surface area (TPSA) is 16.4 Å². The molecule has 300 valence electrons. The van der Waals surface area contributed by atoms with Crippen LogP contribution in [0.4, 0.5) is 17.1 Å². The summed E-state index contributed by atoms with van der Waals surface area (Å²) in [6, 6.07) is 78.7. The summed E-state index contributed by atoms with van der Waals surface area (Å²) in [6.07, 6.45) is 0. The van der Waals surface area contributed by atoms with Crippen LogP contribution in [0.1, 0.15) is 47.2 Å². The molecule has 0 N–H and O–H groups in total. The molecule has 1 spiro atoms. The molecule has 3 aliphatic rings. The van der Waals surface area contributed by atoms with Gasteiger partial charge < -0.3 is 9.32 Å². The number of rotatable bonds is 4. The van der Waals surface area contributed by atoms with Crippen LogP contribution in [0.3, 0.4) is 0 Å². The first-order valence-corrected chi connectivity index (χ1v) is 22.4. The van der Waals surface area contributed by atoms with Gasteiger partial charge in [-0.1, -0.05) is 172 Å². The Labute approximate surface area is 372 Å². The molecule has 0 saturated carbocycles. The van der Waals surface area contributed by atoms with E-state index in [-0.39, 0.29) is 5.41 Å². The number of furan rings is 1. The number of anilines is 3. The van der Waals surface area contributed by atoms with Crippen LogP contribution in [0, 0.1) is 0 Å². The summed E-state index contributed by atoms with van der Waals surface area (Å²) < 4.78 is 7.19. The molecule has 2 heteroatoms. The van der Waals surface area contributed by atoms with Gasteiger partial charge in [0.15, 0.2) is 0 Å². The summed E-state index contributed by atoms with van der Waals surface area (Å²) in [5, 5.41) is 4.63. The Morgan fingerprint density at radius 3 is 1.59 bits per heavy atom. The summed E-state index contributed by atoms with van der Waals surface area (Å²) in [7, 11) is 0. The summed E-state index contributed by atoms with van der Waals surface area (Å²) >= 11 is 0. The molecule has 1 heterocycles. The van der Waals surface area contributed by atoms with Crippen LogP contribution >= 0.6 is 0 Å². The third-order valence-electron chi connectivity index (χ3n) is 14.9. The Hall–Kier alpha value is -7.94. The van der Waals surface area contributed by atoms with Gasteiger partial charge in [-0.3, -0.25) is 0 Å². The molecule has 1 aromatic heterocycles. The van der Waals surface area contributed by atoms with Crippen LogP contribution in [0.15, 0.2) is 217 Å². The van der Waals surface area contributed by atoms with E-state index in [1.54, 1.807) is 0 Å². The molecule has 0 saturated heterocycles. The molecule has 0 bridgehead atoms.